The van der Waals surface area contributed by atoms with Crippen molar-refractivity contribution in [2.24, 2.45) is 5.73 Å². The fraction of sp³-hybridized carbons (Fsp3) is 0.375. The van der Waals surface area contributed by atoms with Crippen molar-refractivity contribution < 1.29 is 0 Å². The molecule has 0 aromatic carbocycles. The van der Waals surface area contributed by atoms with Gasteiger partial charge < -0.3 is 10.7 Å². The molecule has 0 spiro atoms. The minimum Gasteiger partial charge on any atom is -0.327 e. The predicted molar refractivity (Wildman–Crippen MR) is 49.3 cm³/mol. The van der Waals surface area contributed by atoms with Gasteiger partial charge in [-0.2, -0.15) is 0 Å². The largest absolute Gasteiger partial charge is 0.327 e. The zero-order valence-corrected chi connectivity index (χ0v) is 7.56. The number of rotatable bonds is 2. The Bertz CT molecular complexity index is 321. The fourth-order valence-corrected chi connectivity index (χ4v) is 1.14. The summed E-state index contributed by atoms with van der Waals surface area (Å²) >= 11 is 5.69. The SMILES string of the molecule is CC[C@H](N)c1cc(Cl)c[nH]c1=O. The second-order valence-corrected chi connectivity index (χ2v) is 3.05. The van der Waals surface area contributed by atoms with Crippen LogP contribution in [-0.4, -0.2) is 4.98 Å². The topological polar surface area (TPSA) is 58.9 Å². The Labute approximate surface area is 75.6 Å². The molecule has 1 aromatic rings. The number of aromatic amines is 1. The molecule has 66 valence electrons. The first-order valence-electron chi connectivity index (χ1n) is 3.79. The van der Waals surface area contributed by atoms with Crippen LogP contribution in [0, 0.1) is 0 Å². The summed E-state index contributed by atoms with van der Waals surface area (Å²) < 4.78 is 0. The third-order valence-corrected chi connectivity index (χ3v) is 1.95. The van der Waals surface area contributed by atoms with Gasteiger partial charge in [0.05, 0.1) is 5.02 Å². The highest BCUT2D eigenvalue weighted by molar-refractivity contribution is 6.30. The molecule has 3 N–H and O–H groups in total. The molecule has 1 heterocycles. The number of H-pyrrole nitrogens is 1. The zero-order chi connectivity index (χ0) is 9.14. The second kappa shape index (κ2) is 3.74. The van der Waals surface area contributed by atoms with E-state index in [2.05, 4.69) is 4.98 Å². The first-order chi connectivity index (χ1) is 5.65. The van der Waals surface area contributed by atoms with Crippen molar-refractivity contribution in [3.8, 4) is 0 Å². The van der Waals surface area contributed by atoms with E-state index >= 15 is 0 Å². The van der Waals surface area contributed by atoms with E-state index in [-0.39, 0.29) is 11.6 Å². The van der Waals surface area contributed by atoms with Gasteiger partial charge in [0, 0.05) is 17.8 Å². The van der Waals surface area contributed by atoms with Crippen molar-refractivity contribution in [1.29, 1.82) is 0 Å². The zero-order valence-electron chi connectivity index (χ0n) is 6.80. The molecular formula is C8H11ClN2O. The number of hydrogen-bond acceptors (Lipinski definition) is 2. The lowest BCUT2D eigenvalue weighted by atomic mass is 10.1. The number of pyridine rings is 1. The lowest BCUT2D eigenvalue weighted by Gasteiger charge is -2.06. The maximum Gasteiger partial charge on any atom is 0.252 e. The lowest BCUT2D eigenvalue weighted by molar-refractivity contribution is 0.688. The number of hydrogen-bond donors (Lipinski definition) is 2. The molecule has 0 saturated heterocycles. The van der Waals surface area contributed by atoms with Gasteiger partial charge in [-0.05, 0) is 12.5 Å². The van der Waals surface area contributed by atoms with Crippen LogP contribution in [0.1, 0.15) is 24.9 Å². The maximum atomic E-state index is 11.2. The van der Waals surface area contributed by atoms with Crippen LogP contribution in [-0.2, 0) is 0 Å². The van der Waals surface area contributed by atoms with Crippen molar-refractivity contribution in [3.05, 3.63) is 33.2 Å². The Morgan fingerprint density at radius 3 is 3.00 bits per heavy atom. The predicted octanol–water partition coefficient (Wildman–Crippen LogP) is 1.44. The second-order valence-electron chi connectivity index (χ2n) is 2.62. The summed E-state index contributed by atoms with van der Waals surface area (Å²) in [5, 5.41) is 0.508. The van der Waals surface area contributed by atoms with Gasteiger partial charge in [-0.1, -0.05) is 18.5 Å². The monoisotopic (exact) mass is 186 g/mol. The first kappa shape index (κ1) is 9.29. The number of aromatic nitrogens is 1. The number of nitrogens with one attached hydrogen (secondary N) is 1. The molecule has 0 amide bonds. The summed E-state index contributed by atoms with van der Waals surface area (Å²) in [7, 11) is 0. The van der Waals surface area contributed by atoms with Gasteiger partial charge in [0.15, 0.2) is 0 Å². The summed E-state index contributed by atoms with van der Waals surface area (Å²) in [6, 6.07) is 1.38. The van der Waals surface area contributed by atoms with Crippen LogP contribution in [0.5, 0.6) is 0 Å². The Morgan fingerprint density at radius 2 is 2.42 bits per heavy atom. The molecule has 0 aliphatic rings. The van der Waals surface area contributed by atoms with Crippen LogP contribution >= 0.6 is 11.6 Å². The highest BCUT2D eigenvalue weighted by atomic mass is 35.5. The van der Waals surface area contributed by atoms with Crippen LogP contribution in [0.3, 0.4) is 0 Å². The summed E-state index contributed by atoms with van der Waals surface area (Å²) in [4.78, 5) is 13.7. The molecule has 0 fully saturated rings. The third kappa shape index (κ3) is 1.87. The normalized spacial score (nSPS) is 12.9. The Hall–Kier alpha value is -0.800. The molecule has 0 aliphatic carbocycles. The van der Waals surface area contributed by atoms with Crippen LogP contribution in [0.2, 0.25) is 5.02 Å². The smallest absolute Gasteiger partial charge is 0.252 e. The van der Waals surface area contributed by atoms with Gasteiger partial charge in [0.2, 0.25) is 0 Å². The fourth-order valence-electron chi connectivity index (χ4n) is 0.969. The van der Waals surface area contributed by atoms with Crippen molar-refractivity contribution in [3.63, 3.8) is 0 Å². The van der Waals surface area contributed by atoms with E-state index < -0.39 is 0 Å². The molecule has 0 unspecified atom stereocenters. The molecule has 3 nitrogen and oxygen atoms in total. The average molecular weight is 187 g/mol. The average Bonchev–Trinajstić information content (AvgIpc) is 2.08. The quantitative estimate of drug-likeness (QED) is 0.735. The van der Waals surface area contributed by atoms with E-state index in [0.717, 1.165) is 6.42 Å². The van der Waals surface area contributed by atoms with Gasteiger partial charge >= 0.3 is 0 Å². The van der Waals surface area contributed by atoms with Crippen molar-refractivity contribution in [2.75, 3.05) is 0 Å². The van der Waals surface area contributed by atoms with Crippen LogP contribution in [0.15, 0.2) is 17.1 Å². The van der Waals surface area contributed by atoms with E-state index in [1.54, 1.807) is 6.07 Å². The van der Waals surface area contributed by atoms with Gasteiger partial charge in [-0.3, -0.25) is 4.79 Å². The lowest BCUT2D eigenvalue weighted by Crippen LogP contribution is -2.20. The summed E-state index contributed by atoms with van der Waals surface area (Å²) in [5.41, 5.74) is 6.07. The van der Waals surface area contributed by atoms with Gasteiger partial charge in [-0.25, -0.2) is 0 Å². The highest BCUT2D eigenvalue weighted by Crippen LogP contribution is 2.12. The summed E-state index contributed by atoms with van der Waals surface area (Å²) in [6.07, 6.45) is 2.18. The standard InChI is InChI=1S/C8H11ClN2O/c1-2-7(10)6-3-5(9)4-11-8(6)12/h3-4,7H,2,10H2,1H3,(H,11,12)/t7-/m0/s1. The summed E-state index contributed by atoms with van der Waals surface area (Å²) in [5.74, 6) is 0. The molecule has 0 bridgehead atoms. The van der Waals surface area contributed by atoms with E-state index in [1.165, 1.54) is 6.20 Å². The van der Waals surface area contributed by atoms with E-state index in [0.29, 0.717) is 10.6 Å². The van der Waals surface area contributed by atoms with Crippen molar-refractivity contribution in [2.45, 2.75) is 19.4 Å². The number of halogens is 1. The Morgan fingerprint density at radius 1 is 1.75 bits per heavy atom. The minimum absolute atomic E-state index is 0.159. The van der Waals surface area contributed by atoms with E-state index in [9.17, 15) is 4.79 Å². The van der Waals surface area contributed by atoms with Gasteiger partial charge in [-0.15, -0.1) is 0 Å². The third-order valence-electron chi connectivity index (χ3n) is 1.74. The van der Waals surface area contributed by atoms with E-state index in [4.69, 9.17) is 17.3 Å². The number of nitrogens with two attached hydrogens (primary N) is 1. The molecule has 0 saturated carbocycles. The van der Waals surface area contributed by atoms with Crippen LogP contribution < -0.4 is 11.3 Å². The minimum atomic E-state index is -0.229. The first-order valence-corrected chi connectivity index (χ1v) is 4.16. The molecule has 1 rings (SSSR count). The Balaban J connectivity index is 3.13. The molecule has 0 radical (unpaired) electrons. The van der Waals surface area contributed by atoms with Crippen LogP contribution in [0.4, 0.5) is 0 Å². The Kier molecular flexibility index (Phi) is 2.89. The highest BCUT2D eigenvalue weighted by Gasteiger charge is 2.07. The molecular weight excluding hydrogens is 176 g/mol. The molecule has 4 heteroatoms. The van der Waals surface area contributed by atoms with Gasteiger partial charge in [0.25, 0.3) is 5.56 Å². The molecule has 1 aromatic heterocycles. The van der Waals surface area contributed by atoms with Crippen LogP contribution in [0.25, 0.3) is 0 Å². The van der Waals surface area contributed by atoms with Gasteiger partial charge in [0.1, 0.15) is 0 Å². The molecule has 12 heavy (non-hydrogen) atoms. The molecule has 0 aliphatic heterocycles. The van der Waals surface area contributed by atoms with E-state index in [1.807, 2.05) is 6.92 Å². The van der Waals surface area contributed by atoms with Crippen molar-refractivity contribution in [1.82, 2.24) is 4.98 Å². The van der Waals surface area contributed by atoms with Crippen molar-refractivity contribution >= 4 is 11.6 Å². The maximum absolute atomic E-state index is 11.2. The molecule has 1 atom stereocenters. The summed E-state index contributed by atoms with van der Waals surface area (Å²) in [6.45, 7) is 1.92.